The lowest BCUT2D eigenvalue weighted by Gasteiger charge is -2.18. The minimum Gasteiger partial charge on any atom is -0.497 e. The first-order valence-electron chi connectivity index (χ1n) is 10.1. The number of fused-ring (bicyclic) bond motifs is 1. The molecule has 10 heteroatoms. The third-order valence-electron chi connectivity index (χ3n) is 5.54. The molecule has 0 bridgehead atoms. The highest BCUT2D eigenvalue weighted by molar-refractivity contribution is 7.18. The van der Waals surface area contributed by atoms with E-state index in [2.05, 4.69) is 9.97 Å². The molecule has 31 heavy (non-hydrogen) atoms. The van der Waals surface area contributed by atoms with Gasteiger partial charge in [0.15, 0.2) is 10.3 Å². The fraction of sp³-hybridized carbons (Fsp3) is 0.429. The van der Waals surface area contributed by atoms with Crippen LogP contribution in [0.2, 0.25) is 0 Å². The number of aryl methyl sites for hydroxylation is 1. The number of aromatic nitrogens is 3. The third kappa shape index (κ3) is 3.83. The number of likely N-dealkylation sites (tertiary alicyclic amines) is 1. The smallest absolute Gasteiger partial charge is 0.407 e. The molecular formula is C21H24N4O5S. The third-order valence-corrected chi connectivity index (χ3v) is 6.59. The second-order valence-corrected chi connectivity index (χ2v) is 8.30. The molecule has 1 fully saturated rings. The molecule has 0 unspecified atom stereocenters. The molecule has 1 atom stereocenters. The summed E-state index contributed by atoms with van der Waals surface area (Å²) in [5.74, 6) is 1.93. The average Bonchev–Trinajstić information content (AvgIpc) is 3.42. The molecule has 1 saturated heterocycles. The van der Waals surface area contributed by atoms with Gasteiger partial charge in [-0.3, -0.25) is 14.3 Å². The highest BCUT2D eigenvalue weighted by atomic mass is 32.1. The summed E-state index contributed by atoms with van der Waals surface area (Å²) < 4.78 is 12.3. The first kappa shape index (κ1) is 21.1. The van der Waals surface area contributed by atoms with Crippen LogP contribution in [0.1, 0.15) is 42.2 Å². The zero-order valence-electron chi connectivity index (χ0n) is 17.6. The number of methoxy groups -OCH3 is 2. The van der Waals surface area contributed by atoms with E-state index in [1.54, 1.807) is 24.9 Å². The van der Waals surface area contributed by atoms with Crippen molar-refractivity contribution >= 4 is 27.8 Å². The summed E-state index contributed by atoms with van der Waals surface area (Å²) >= 11 is 1.31. The Morgan fingerprint density at radius 2 is 2.10 bits per heavy atom. The zero-order valence-corrected chi connectivity index (χ0v) is 18.4. The number of thiazole rings is 1. The zero-order chi connectivity index (χ0) is 22.1. The highest BCUT2D eigenvalue weighted by Crippen LogP contribution is 2.35. The Morgan fingerprint density at radius 3 is 2.77 bits per heavy atom. The van der Waals surface area contributed by atoms with Crippen LogP contribution in [0.4, 0.5) is 4.79 Å². The molecule has 0 saturated carbocycles. The standard InChI is InChI=1S/C21H24N4O5S/c1-4-16-22-19-17(23-18(31-19)14-6-5-9-24(14)21(27)28)20(26)25(16)11-12-7-8-13(29-2)10-15(12)30-3/h7-8,10,14H,4-6,9,11H2,1-3H3,(H,27,28)/t14-/m1/s1. The van der Waals surface area contributed by atoms with Gasteiger partial charge in [-0.2, -0.15) is 0 Å². The Hall–Kier alpha value is -3.14. The number of benzene rings is 1. The van der Waals surface area contributed by atoms with E-state index < -0.39 is 6.09 Å². The van der Waals surface area contributed by atoms with Crippen LogP contribution in [-0.2, 0) is 13.0 Å². The summed E-state index contributed by atoms with van der Waals surface area (Å²) in [6.07, 6.45) is 1.08. The van der Waals surface area contributed by atoms with Crippen LogP contribution in [0.25, 0.3) is 10.3 Å². The number of carbonyl (C=O) groups is 1. The summed E-state index contributed by atoms with van der Waals surface area (Å²) in [7, 11) is 3.16. The lowest BCUT2D eigenvalue weighted by atomic mass is 10.2. The SMILES string of the molecule is CCc1nc2sc([C@H]3CCCN3C(=O)O)nc2c(=O)n1Cc1ccc(OC)cc1OC. The van der Waals surface area contributed by atoms with Crippen molar-refractivity contribution in [3.05, 3.63) is 44.9 Å². The maximum Gasteiger partial charge on any atom is 0.407 e. The van der Waals surface area contributed by atoms with Crippen molar-refractivity contribution in [2.24, 2.45) is 0 Å². The Bertz CT molecular complexity index is 1190. The maximum absolute atomic E-state index is 13.4. The summed E-state index contributed by atoms with van der Waals surface area (Å²) in [5, 5.41) is 10.1. The van der Waals surface area contributed by atoms with Crippen molar-refractivity contribution < 1.29 is 19.4 Å². The molecule has 2 aromatic heterocycles. The van der Waals surface area contributed by atoms with Crippen LogP contribution in [0.15, 0.2) is 23.0 Å². The number of hydrogen-bond donors (Lipinski definition) is 1. The normalized spacial score (nSPS) is 16.1. The molecule has 1 aromatic carbocycles. The van der Waals surface area contributed by atoms with Crippen molar-refractivity contribution in [1.82, 2.24) is 19.4 Å². The summed E-state index contributed by atoms with van der Waals surface area (Å²) in [4.78, 5) is 36.0. The molecule has 0 radical (unpaired) electrons. The summed E-state index contributed by atoms with van der Waals surface area (Å²) in [5.41, 5.74) is 0.869. The number of rotatable bonds is 6. The van der Waals surface area contributed by atoms with E-state index in [0.29, 0.717) is 46.5 Å². The average molecular weight is 445 g/mol. The lowest BCUT2D eigenvalue weighted by molar-refractivity contribution is 0.140. The molecule has 1 amide bonds. The number of ether oxygens (including phenoxy) is 2. The van der Waals surface area contributed by atoms with Gasteiger partial charge in [0, 0.05) is 24.6 Å². The predicted octanol–water partition coefficient (Wildman–Crippen LogP) is 3.30. The van der Waals surface area contributed by atoms with Crippen LogP contribution in [0.5, 0.6) is 11.5 Å². The van der Waals surface area contributed by atoms with Gasteiger partial charge in [0.1, 0.15) is 22.3 Å². The largest absolute Gasteiger partial charge is 0.497 e. The molecule has 3 heterocycles. The van der Waals surface area contributed by atoms with Gasteiger partial charge in [-0.15, -0.1) is 0 Å². The molecule has 164 valence electrons. The Kier molecular flexibility index (Phi) is 5.81. The quantitative estimate of drug-likeness (QED) is 0.622. The fourth-order valence-corrected chi connectivity index (χ4v) is 5.04. The first-order valence-corrected chi connectivity index (χ1v) is 10.9. The monoisotopic (exact) mass is 444 g/mol. The van der Waals surface area contributed by atoms with E-state index in [1.165, 1.54) is 16.2 Å². The molecule has 1 aliphatic heterocycles. The molecular weight excluding hydrogens is 420 g/mol. The van der Waals surface area contributed by atoms with Crippen molar-refractivity contribution in [3.8, 4) is 11.5 Å². The van der Waals surface area contributed by atoms with Crippen LogP contribution < -0.4 is 15.0 Å². The van der Waals surface area contributed by atoms with E-state index in [4.69, 9.17) is 9.47 Å². The topological polar surface area (TPSA) is 107 Å². The van der Waals surface area contributed by atoms with E-state index in [0.717, 1.165) is 12.0 Å². The molecule has 0 aliphatic carbocycles. The van der Waals surface area contributed by atoms with Crippen LogP contribution in [-0.4, -0.2) is 51.4 Å². The van der Waals surface area contributed by atoms with Gasteiger partial charge < -0.3 is 14.6 Å². The van der Waals surface area contributed by atoms with Crippen LogP contribution >= 0.6 is 11.3 Å². The highest BCUT2D eigenvalue weighted by Gasteiger charge is 2.32. The summed E-state index contributed by atoms with van der Waals surface area (Å²) in [6.45, 7) is 2.71. The minimum absolute atomic E-state index is 0.234. The Balaban J connectivity index is 1.77. The van der Waals surface area contributed by atoms with Gasteiger partial charge in [0.25, 0.3) is 5.56 Å². The van der Waals surface area contributed by atoms with Gasteiger partial charge in [-0.05, 0) is 25.0 Å². The van der Waals surface area contributed by atoms with Gasteiger partial charge in [0.2, 0.25) is 0 Å². The molecule has 1 aliphatic rings. The van der Waals surface area contributed by atoms with E-state index >= 15 is 0 Å². The van der Waals surface area contributed by atoms with Gasteiger partial charge in [0.05, 0.1) is 26.8 Å². The second kappa shape index (κ2) is 8.54. The second-order valence-electron chi connectivity index (χ2n) is 7.29. The van der Waals surface area contributed by atoms with Gasteiger partial charge in [-0.1, -0.05) is 18.3 Å². The lowest BCUT2D eigenvalue weighted by Crippen LogP contribution is -2.28. The van der Waals surface area contributed by atoms with Crippen LogP contribution in [0, 0.1) is 0 Å². The van der Waals surface area contributed by atoms with Gasteiger partial charge in [-0.25, -0.2) is 14.8 Å². The minimum atomic E-state index is -0.965. The number of amides is 1. The van der Waals surface area contributed by atoms with E-state index in [9.17, 15) is 14.7 Å². The Labute approximate surface area is 182 Å². The molecule has 3 aromatic rings. The number of nitrogens with zero attached hydrogens (tertiary/aromatic N) is 4. The number of hydrogen-bond acceptors (Lipinski definition) is 7. The van der Waals surface area contributed by atoms with Crippen molar-refractivity contribution in [2.45, 2.75) is 38.8 Å². The van der Waals surface area contributed by atoms with Crippen molar-refractivity contribution in [3.63, 3.8) is 0 Å². The van der Waals surface area contributed by atoms with Crippen LogP contribution in [0.3, 0.4) is 0 Å². The Morgan fingerprint density at radius 1 is 1.29 bits per heavy atom. The summed E-state index contributed by atoms with van der Waals surface area (Å²) in [6, 6.07) is 5.14. The van der Waals surface area contributed by atoms with Crippen molar-refractivity contribution in [1.29, 1.82) is 0 Å². The molecule has 0 spiro atoms. The van der Waals surface area contributed by atoms with Gasteiger partial charge >= 0.3 is 6.09 Å². The first-order chi connectivity index (χ1) is 15.0. The molecule has 9 nitrogen and oxygen atoms in total. The molecule has 4 rings (SSSR count). The van der Waals surface area contributed by atoms with E-state index in [1.807, 2.05) is 19.1 Å². The van der Waals surface area contributed by atoms with E-state index in [-0.39, 0.29) is 23.7 Å². The van der Waals surface area contributed by atoms with Crippen molar-refractivity contribution in [2.75, 3.05) is 20.8 Å². The number of carboxylic acid groups (broad SMARTS) is 1. The maximum atomic E-state index is 13.4. The fourth-order valence-electron chi connectivity index (χ4n) is 3.95. The molecule has 1 N–H and O–H groups in total. The predicted molar refractivity (Wildman–Crippen MR) is 116 cm³/mol.